The van der Waals surface area contributed by atoms with Crippen LogP contribution in [0.5, 0.6) is 0 Å². The van der Waals surface area contributed by atoms with Crippen molar-refractivity contribution in [2.24, 2.45) is 0 Å². The quantitative estimate of drug-likeness (QED) is 0.826. The molecule has 0 atom stereocenters. The molecule has 0 amide bonds. The molecule has 0 saturated heterocycles. The average molecular weight is 209 g/mol. The van der Waals surface area contributed by atoms with Crippen LogP contribution < -0.4 is 0 Å². The van der Waals surface area contributed by atoms with Gasteiger partial charge < -0.3 is 5.11 Å². The van der Waals surface area contributed by atoms with Gasteiger partial charge in [0, 0.05) is 0 Å². The van der Waals surface area contributed by atoms with E-state index in [1.54, 1.807) is 12.1 Å². The first-order chi connectivity index (χ1) is 7.85. The predicted octanol–water partition coefficient (Wildman–Crippen LogP) is 2.72. The van der Waals surface area contributed by atoms with Gasteiger partial charge in [0.1, 0.15) is 0 Å². The molecule has 0 aliphatic heterocycles. The second kappa shape index (κ2) is 4.61. The number of benzene rings is 2. The number of nitrogens with zero attached hydrogens (tertiary/aromatic N) is 1. The van der Waals surface area contributed by atoms with Crippen molar-refractivity contribution >= 4 is 0 Å². The molecule has 2 aromatic carbocycles. The van der Waals surface area contributed by atoms with Crippen LogP contribution in [0.2, 0.25) is 0 Å². The van der Waals surface area contributed by atoms with Gasteiger partial charge in [0.05, 0.1) is 18.2 Å². The lowest BCUT2D eigenvalue weighted by Gasteiger charge is -2.06. The molecular weight excluding hydrogens is 198 g/mol. The Balaban J connectivity index is 2.59. The highest BCUT2D eigenvalue weighted by Crippen LogP contribution is 2.24. The summed E-state index contributed by atoms with van der Waals surface area (Å²) in [5.41, 5.74) is 3.31. The molecule has 2 aromatic rings. The van der Waals surface area contributed by atoms with E-state index in [1.807, 2.05) is 36.4 Å². The maximum Gasteiger partial charge on any atom is 0.0998 e. The second-order valence-corrected chi connectivity index (χ2v) is 3.52. The number of rotatable bonds is 2. The zero-order valence-electron chi connectivity index (χ0n) is 8.72. The van der Waals surface area contributed by atoms with Gasteiger partial charge in [-0.1, -0.05) is 36.4 Å². The van der Waals surface area contributed by atoms with Gasteiger partial charge in [0.15, 0.2) is 0 Å². The Morgan fingerprint density at radius 2 is 1.81 bits per heavy atom. The van der Waals surface area contributed by atoms with Gasteiger partial charge in [-0.05, 0) is 28.8 Å². The molecule has 0 radical (unpaired) electrons. The lowest BCUT2D eigenvalue weighted by molar-refractivity contribution is 0.282. The van der Waals surface area contributed by atoms with Crippen molar-refractivity contribution in [2.75, 3.05) is 0 Å². The third-order valence-electron chi connectivity index (χ3n) is 2.47. The molecular formula is C14H11NO. The van der Waals surface area contributed by atoms with Crippen molar-refractivity contribution in [3.63, 3.8) is 0 Å². The van der Waals surface area contributed by atoms with E-state index in [9.17, 15) is 0 Å². The summed E-state index contributed by atoms with van der Waals surface area (Å²) in [5.74, 6) is 0. The number of hydrogen-bond donors (Lipinski definition) is 1. The van der Waals surface area contributed by atoms with Crippen LogP contribution in [-0.2, 0) is 6.61 Å². The molecule has 0 fully saturated rings. The van der Waals surface area contributed by atoms with Crippen LogP contribution in [-0.4, -0.2) is 5.11 Å². The molecule has 0 saturated carbocycles. The smallest absolute Gasteiger partial charge is 0.0998 e. The average Bonchev–Trinajstić information content (AvgIpc) is 2.39. The fourth-order valence-electron chi connectivity index (χ4n) is 1.64. The predicted molar refractivity (Wildman–Crippen MR) is 62.5 cm³/mol. The molecule has 0 bridgehead atoms. The fraction of sp³-hybridized carbons (Fsp3) is 0.0714. The van der Waals surface area contributed by atoms with Gasteiger partial charge in [-0.25, -0.2) is 0 Å². The Morgan fingerprint density at radius 3 is 2.44 bits per heavy atom. The summed E-state index contributed by atoms with van der Waals surface area (Å²) in [6.45, 7) is -0.00839. The molecule has 2 heteroatoms. The summed E-state index contributed by atoms with van der Waals surface area (Å²) >= 11 is 0. The van der Waals surface area contributed by atoms with Gasteiger partial charge >= 0.3 is 0 Å². The molecule has 0 heterocycles. The van der Waals surface area contributed by atoms with Crippen LogP contribution in [0.1, 0.15) is 11.1 Å². The number of aliphatic hydroxyl groups excluding tert-OH is 1. The summed E-state index contributed by atoms with van der Waals surface area (Å²) in [4.78, 5) is 0. The first-order valence-electron chi connectivity index (χ1n) is 5.04. The van der Waals surface area contributed by atoms with Crippen LogP contribution in [0, 0.1) is 11.3 Å². The number of hydrogen-bond acceptors (Lipinski definition) is 2. The lowest BCUT2D eigenvalue weighted by atomic mass is 9.98. The van der Waals surface area contributed by atoms with Crippen molar-refractivity contribution in [3.8, 4) is 17.2 Å². The van der Waals surface area contributed by atoms with Crippen LogP contribution >= 0.6 is 0 Å². The largest absolute Gasteiger partial charge is 0.392 e. The van der Waals surface area contributed by atoms with E-state index < -0.39 is 0 Å². The van der Waals surface area contributed by atoms with Gasteiger partial charge in [-0.2, -0.15) is 5.26 Å². The van der Waals surface area contributed by atoms with Crippen molar-refractivity contribution in [1.82, 2.24) is 0 Å². The molecule has 78 valence electrons. The van der Waals surface area contributed by atoms with E-state index >= 15 is 0 Å². The third-order valence-corrected chi connectivity index (χ3v) is 2.47. The molecule has 1 N–H and O–H groups in total. The van der Waals surface area contributed by atoms with Crippen molar-refractivity contribution < 1.29 is 5.11 Å². The van der Waals surface area contributed by atoms with E-state index in [1.165, 1.54) is 0 Å². The Kier molecular flexibility index (Phi) is 3.00. The minimum atomic E-state index is -0.00839. The Bertz CT molecular complexity index is 526. The van der Waals surface area contributed by atoms with Crippen LogP contribution in [0.25, 0.3) is 11.1 Å². The number of nitriles is 1. The Labute approximate surface area is 94.4 Å². The molecule has 0 aliphatic carbocycles. The van der Waals surface area contributed by atoms with E-state index in [0.29, 0.717) is 5.56 Å². The molecule has 2 rings (SSSR count). The van der Waals surface area contributed by atoms with Crippen molar-refractivity contribution in [3.05, 3.63) is 59.7 Å². The normalized spacial score (nSPS) is 9.75. The monoisotopic (exact) mass is 209 g/mol. The van der Waals surface area contributed by atoms with Crippen LogP contribution in [0.15, 0.2) is 48.5 Å². The maximum absolute atomic E-state index is 9.09. The second-order valence-electron chi connectivity index (χ2n) is 3.52. The van der Waals surface area contributed by atoms with Crippen LogP contribution in [0.3, 0.4) is 0 Å². The maximum atomic E-state index is 9.09. The minimum Gasteiger partial charge on any atom is -0.392 e. The molecule has 2 nitrogen and oxygen atoms in total. The number of aliphatic hydroxyl groups is 1. The summed E-state index contributed by atoms with van der Waals surface area (Å²) in [7, 11) is 0. The third kappa shape index (κ3) is 1.95. The van der Waals surface area contributed by atoms with E-state index in [2.05, 4.69) is 6.07 Å². The fourth-order valence-corrected chi connectivity index (χ4v) is 1.64. The highest BCUT2D eigenvalue weighted by molar-refractivity contribution is 5.71. The van der Waals surface area contributed by atoms with Gasteiger partial charge in [0.25, 0.3) is 0 Å². The van der Waals surface area contributed by atoms with E-state index in [-0.39, 0.29) is 6.61 Å². The molecule has 0 spiro atoms. The van der Waals surface area contributed by atoms with Gasteiger partial charge in [-0.15, -0.1) is 0 Å². The lowest BCUT2D eigenvalue weighted by Crippen LogP contribution is -1.89. The summed E-state index contributed by atoms with van der Waals surface area (Å²) in [6.07, 6.45) is 0. The Hall–Kier alpha value is -2.11. The molecule has 0 unspecified atom stereocenters. The van der Waals surface area contributed by atoms with Crippen LogP contribution in [0.4, 0.5) is 0 Å². The van der Waals surface area contributed by atoms with Crippen molar-refractivity contribution in [2.45, 2.75) is 6.61 Å². The topological polar surface area (TPSA) is 44.0 Å². The molecule has 0 aliphatic rings. The highest BCUT2D eigenvalue weighted by Gasteiger charge is 2.05. The highest BCUT2D eigenvalue weighted by atomic mass is 16.3. The van der Waals surface area contributed by atoms with Gasteiger partial charge in [0.2, 0.25) is 0 Å². The molecule has 0 aromatic heterocycles. The molecule has 16 heavy (non-hydrogen) atoms. The zero-order chi connectivity index (χ0) is 11.4. The van der Waals surface area contributed by atoms with Gasteiger partial charge in [-0.3, -0.25) is 0 Å². The SMILES string of the molecule is N#Cc1ccc(CO)cc1-c1ccccc1. The van der Waals surface area contributed by atoms with E-state index in [0.717, 1.165) is 16.7 Å². The Morgan fingerprint density at radius 1 is 1.06 bits per heavy atom. The van der Waals surface area contributed by atoms with E-state index in [4.69, 9.17) is 10.4 Å². The summed E-state index contributed by atoms with van der Waals surface area (Å²) < 4.78 is 0. The first-order valence-corrected chi connectivity index (χ1v) is 5.04. The standard InChI is InChI=1S/C14H11NO/c15-9-13-7-6-11(10-16)8-14(13)12-4-2-1-3-5-12/h1-8,16H,10H2. The minimum absolute atomic E-state index is 0.00839. The zero-order valence-corrected chi connectivity index (χ0v) is 8.72. The first kappa shape index (κ1) is 10.4. The van der Waals surface area contributed by atoms with Crippen molar-refractivity contribution in [1.29, 1.82) is 5.26 Å². The summed E-state index contributed by atoms with van der Waals surface area (Å²) in [5, 5.41) is 18.1. The summed E-state index contributed by atoms with van der Waals surface area (Å²) in [6, 6.07) is 17.2.